The van der Waals surface area contributed by atoms with E-state index in [1.807, 2.05) is 36.4 Å². The Bertz CT molecular complexity index is 1240. The number of halogens is 2. The van der Waals surface area contributed by atoms with Gasteiger partial charge in [-0.3, -0.25) is 0 Å². The minimum absolute atomic E-state index is 0.138. The molecule has 8 heteroatoms. The van der Waals surface area contributed by atoms with Crippen molar-refractivity contribution in [2.24, 2.45) is 10.1 Å². The minimum atomic E-state index is -1.03. The fourth-order valence-corrected chi connectivity index (χ4v) is 3.83. The molecule has 160 valence electrons. The first-order valence-electron chi connectivity index (χ1n) is 9.44. The van der Waals surface area contributed by atoms with Crippen molar-refractivity contribution in [2.75, 3.05) is 0 Å². The number of ether oxygens (including phenoxy) is 1. The van der Waals surface area contributed by atoms with Crippen LogP contribution in [0.25, 0.3) is 6.08 Å². The average Bonchev–Trinajstić information content (AvgIpc) is 2.79. The Morgan fingerprint density at radius 3 is 2.44 bits per heavy atom. The summed E-state index contributed by atoms with van der Waals surface area (Å²) in [5.41, 5.74) is 2.69. The molecule has 4 rings (SSSR count). The van der Waals surface area contributed by atoms with Gasteiger partial charge in [0.15, 0.2) is 6.10 Å². The van der Waals surface area contributed by atoms with Gasteiger partial charge >= 0.3 is 5.97 Å². The van der Waals surface area contributed by atoms with Crippen LogP contribution in [0.1, 0.15) is 27.6 Å². The monoisotopic (exact) mass is 466 g/mol. The van der Waals surface area contributed by atoms with Gasteiger partial charge in [-0.25, -0.2) is 9.79 Å². The molecule has 0 aliphatic carbocycles. The molecule has 32 heavy (non-hydrogen) atoms. The van der Waals surface area contributed by atoms with Crippen molar-refractivity contribution in [1.82, 2.24) is 0 Å². The minimum Gasteiger partial charge on any atom is -0.479 e. The Kier molecular flexibility index (Phi) is 6.25. The van der Waals surface area contributed by atoms with Gasteiger partial charge in [-0.1, -0.05) is 58.7 Å². The average molecular weight is 467 g/mol. The maximum absolute atomic E-state index is 11.1. The zero-order valence-corrected chi connectivity index (χ0v) is 18.0. The molecule has 1 aliphatic rings. The summed E-state index contributed by atoms with van der Waals surface area (Å²) in [6.07, 6.45) is 1.23. The Morgan fingerprint density at radius 1 is 1.06 bits per heavy atom. The van der Waals surface area contributed by atoms with E-state index in [0.29, 0.717) is 32.6 Å². The van der Waals surface area contributed by atoms with E-state index in [1.54, 1.807) is 24.3 Å². The number of benzene rings is 3. The number of aliphatic imine (C=N–C) groups is 1. The first kappa shape index (κ1) is 21.6. The Morgan fingerprint density at radius 2 is 1.78 bits per heavy atom. The molecule has 0 amide bonds. The molecule has 0 saturated heterocycles. The predicted molar refractivity (Wildman–Crippen MR) is 125 cm³/mol. The van der Waals surface area contributed by atoms with Gasteiger partial charge in [0, 0.05) is 17.3 Å². The number of rotatable bonds is 5. The maximum Gasteiger partial charge on any atom is 0.335 e. The summed E-state index contributed by atoms with van der Waals surface area (Å²) in [6.45, 7) is 3.40. The molecule has 1 unspecified atom stereocenters. The highest BCUT2D eigenvalue weighted by atomic mass is 35.5. The summed E-state index contributed by atoms with van der Waals surface area (Å²) in [4.78, 5) is 21.1. The lowest BCUT2D eigenvalue weighted by atomic mass is 9.95. The molecule has 0 bridgehead atoms. The molecule has 3 aromatic carbocycles. The van der Waals surface area contributed by atoms with Crippen LogP contribution in [0.15, 0.2) is 82.5 Å². The second-order valence-electron chi connectivity index (χ2n) is 6.80. The zero-order valence-electron chi connectivity index (χ0n) is 16.5. The van der Waals surface area contributed by atoms with Crippen molar-refractivity contribution in [3.63, 3.8) is 0 Å². The van der Waals surface area contributed by atoms with Gasteiger partial charge in [0.25, 0.3) is 5.90 Å². The van der Waals surface area contributed by atoms with E-state index in [9.17, 15) is 4.79 Å². The third-order valence-electron chi connectivity index (χ3n) is 4.71. The van der Waals surface area contributed by atoms with E-state index in [0.717, 1.165) is 5.56 Å². The van der Waals surface area contributed by atoms with Crippen molar-refractivity contribution >= 4 is 53.5 Å². The highest BCUT2D eigenvalue weighted by Gasteiger charge is 2.31. The van der Waals surface area contributed by atoms with Crippen LogP contribution in [0.3, 0.4) is 0 Å². The first-order chi connectivity index (χ1) is 15.5. The fraction of sp³-hybridized carbons (Fsp3) is 0.0417. The highest BCUT2D eigenvalue weighted by molar-refractivity contribution is 6.36. The zero-order chi connectivity index (χ0) is 22.7. The summed E-state index contributed by atoms with van der Waals surface area (Å²) < 4.78 is 6.27. The van der Waals surface area contributed by atoms with Crippen molar-refractivity contribution in [3.8, 4) is 5.75 Å². The van der Waals surface area contributed by atoms with Gasteiger partial charge in [-0.05, 0) is 48.0 Å². The van der Waals surface area contributed by atoms with Crippen LogP contribution in [0.2, 0.25) is 10.0 Å². The number of fused-ring (bicyclic) bond motifs is 1. The molecular weight excluding hydrogens is 451 g/mol. The van der Waals surface area contributed by atoms with Crippen LogP contribution in [0.5, 0.6) is 5.75 Å². The van der Waals surface area contributed by atoms with Gasteiger partial charge in [-0.2, -0.15) is 0 Å². The van der Waals surface area contributed by atoms with Crippen LogP contribution in [-0.2, 0) is 4.84 Å². The molecule has 1 N–H and O–H groups in total. The largest absolute Gasteiger partial charge is 0.479 e. The number of oxime groups is 1. The van der Waals surface area contributed by atoms with Gasteiger partial charge in [0.1, 0.15) is 5.75 Å². The van der Waals surface area contributed by atoms with E-state index in [1.165, 1.54) is 12.1 Å². The topological polar surface area (TPSA) is 80.5 Å². The van der Waals surface area contributed by atoms with E-state index >= 15 is 0 Å². The molecule has 1 aliphatic heterocycles. The summed E-state index contributed by atoms with van der Waals surface area (Å²) in [7, 11) is 0. The molecule has 0 fully saturated rings. The molecule has 0 spiro atoms. The number of carbonyl (C=O) groups is 1. The van der Waals surface area contributed by atoms with E-state index in [4.69, 9.17) is 37.9 Å². The van der Waals surface area contributed by atoms with Crippen molar-refractivity contribution in [2.45, 2.75) is 6.10 Å². The number of hydrogen-bond acceptors (Lipinski definition) is 5. The molecular formula is C24H16Cl2N2O4. The van der Waals surface area contributed by atoms with Crippen LogP contribution in [0.4, 0.5) is 5.69 Å². The van der Waals surface area contributed by atoms with Crippen molar-refractivity contribution in [3.05, 3.63) is 99.0 Å². The fourth-order valence-electron chi connectivity index (χ4n) is 3.28. The molecule has 6 nitrogen and oxygen atoms in total. The lowest BCUT2D eigenvalue weighted by Gasteiger charge is -2.28. The van der Waals surface area contributed by atoms with Crippen molar-refractivity contribution in [1.29, 1.82) is 0 Å². The number of carboxylic acids is 1. The van der Waals surface area contributed by atoms with E-state index in [-0.39, 0.29) is 11.5 Å². The number of carboxylic acid groups (broad SMARTS) is 1. The molecule has 3 aromatic rings. The van der Waals surface area contributed by atoms with E-state index in [2.05, 4.69) is 16.9 Å². The van der Waals surface area contributed by atoms with Crippen LogP contribution < -0.4 is 4.74 Å². The Hall–Kier alpha value is -3.61. The quantitative estimate of drug-likeness (QED) is 0.261. The summed E-state index contributed by atoms with van der Waals surface area (Å²) >= 11 is 12.6. The van der Waals surface area contributed by atoms with Gasteiger partial charge < -0.3 is 14.7 Å². The van der Waals surface area contributed by atoms with Crippen LogP contribution in [-0.4, -0.2) is 23.7 Å². The molecule has 0 saturated carbocycles. The van der Waals surface area contributed by atoms with Crippen LogP contribution >= 0.6 is 23.2 Å². The van der Waals surface area contributed by atoms with Gasteiger partial charge in [0.2, 0.25) is 0 Å². The first-order valence-corrected chi connectivity index (χ1v) is 10.2. The lowest BCUT2D eigenvalue weighted by molar-refractivity contribution is 0.0697. The maximum atomic E-state index is 11.1. The number of hydrogen-bond donors (Lipinski definition) is 1. The van der Waals surface area contributed by atoms with E-state index < -0.39 is 12.1 Å². The lowest BCUT2D eigenvalue weighted by Crippen LogP contribution is -2.21. The second kappa shape index (κ2) is 9.26. The normalized spacial score (nSPS) is 15.2. The summed E-state index contributed by atoms with van der Waals surface area (Å²) in [5.74, 6) is -0.397. The summed E-state index contributed by atoms with van der Waals surface area (Å²) in [6, 6.07) is 18.9. The van der Waals surface area contributed by atoms with Gasteiger partial charge in [-0.15, -0.1) is 0 Å². The predicted octanol–water partition coefficient (Wildman–Crippen LogP) is 6.57. The molecule has 1 atom stereocenters. The second-order valence-corrected chi connectivity index (χ2v) is 7.65. The molecule has 0 aromatic heterocycles. The molecule has 1 heterocycles. The van der Waals surface area contributed by atoms with Gasteiger partial charge in [0.05, 0.1) is 21.8 Å². The smallest absolute Gasteiger partial charge is 0.335 e. The Labute approximate surface area is 194 Å². The SMILES string of the molecule is C=NOC(=Nc1ccc(C(=O)O)cc1)C1=Cc2cc(Cl)cc(Cl)c2OC1c1ccccc1. The third-order valence-corrected chi connectivity index (χ3v) is 5.21. The number of nitrogens with zero attached hydrogens (tertiary/aromatic N) is 2. The van der Waals surface area contributed by atoms with Crippen molar-refractivity contribution < 1.29 is 19.5 Å². The van der Waals surface area contributed by atoms with Crippen LogP contribution in [0, 0.1) is 0 Å². The standard InChI is InChI=1S/C24H16Cl2N2O4/c1-27-32-23(28-18-9-7-15(8-10-18)24(29)30)19-12-16-11-17(25)13-20(26)22(16)31-21(19)14-5-3-2-4-6-14/h2-13,21H,1H2,(H,29,30). The summed E-state index contributed by atoms with van der Waals surface area (Å²) in [5, 5.41) is 13.5. The Balaban J connectivity index is 1.86. The third kappa shape index (κ3) is 4.51. The number of aromatic carboxylic acids is 1. The highest BCUT2D eigenvalue weighted by Crippen LogP contribution is 2.43. The molecule has 0 radical (unpaired) electrons.